The number of hydrogen-bond donors (Lipinski definition) is 2. The molecule has 3 N–H and O–H groups in total. The van der Waals surface area contributed by atoms with Crippen LogP contribution < -0.4 is 15.4 Å². The molecular weight excluding hydrogens is 432 g/mol. The molecule has 2 aliphatic heterocycles. The summed E-state index contributed by atoms with van der Waals surface area (Å²) in [5.41, 5.74) is 8.79. The number of fused-ring (bicyclic) bond motifs is 1. The summed E-state index contributed by atoms with van der Waals surface area (Å²) in [5.74, 6) is 0.279. The van der Waals surface area contributed by atoms with Crippen LogP contribution in [0.3, 0.4) is 0 Å². The van der Waals surface area contributed by atoms with Gasteiger partial charge in [0.25, 0.3) is 11.8 Å². The molecule has 2 aromatic carbocycles. The van der Waals surface area contributed by atoms with E-state index in [0.29, 0.717) is 41.5 Å². The Morgan fingerprint density at radius 1 is 1.00 bits per heavy atom. The Labute approximate surface area is 197 Å². The molecule has 0 atom stereocenters. The molecule has 1 saturated heterocycles. The largest absolute Gasteiger partial charge is 0.497 e. The standard InChI is InChI=1S/C25H26N6O3/c1-34-19-10-8-18(9-11-19)31-22-20(21(28-31)24(27)32)12-15-30(25(22)33)17-6-4-16(5-7-17)23(26)29-13-2-3-14-29/h4-11,26H,2-3,12-15H2,1H3,(H2,27,32). The fourth-order valence-electron chi connectivity index (χ4n) is 4.64. The lowest BCUT2D eigenvalue weighted by atomic mass is 10.0. The van der Waals surface area contributed by atoms with Gasteiger partial charge < -0.3 is 20.3 Å². The number of ether oxygens (including phenoxy) is 1. The summed E-state index contributed by atoms with van der Waals surface area (Å²) in [5, 5.41) is 12.9. The van der Waals surface area contributed by atoms with Crippen LogP contribution >= 0.6 is 0 Å². The van der Waals surface area contributed by atoms with Gasteiger partial charge in [-0.05, 0) is 67.8 Å². The van der Waals surface area contributed by atoms with E-state index >= 15 is 0 Å². The zero-order valence-electron chi connectivity index (χ0n) is 19.0. The second kappa shape index (κ2) is 8.66. The van der Waals surface area contributed by atoms with E-state index in [1.165, 1.54) is 4.68 Å². The van der Waals surface area contributed by atoms with Gasteiger partial charge in [0.15, 0.2) is 5.69 Å². The maximum atomic E-state index is 13.6. The third-order valence-corrected chi connectivity index (χ3v) is 6.44. The number of benzene rings is 2. The highest BCUT2D eigenvalue weighted by atomic mass is 16.5. The van der Waals surface area contributed by atoms with Crippen molar-refractivity contribution in [3.8, 4) is 11.4 Å². The van der Waals surface area contributed by atoms with E-state index in [-0.39, 0.29) is 11.6 Å². The van der Waals surface area contributed by atoms with Crippen LogP contribution in [-0.2, 0) is 6.42 Å². The lowest BCUT2D eigenvalue weighted by Crippen LogP contribution is -2.39. The van der Waals surface area contributed by atoms with Crippen LogP contribution in [0.5, 0.6) is 5.75 Å². The highest BCUT2D eigenvalue weighted by molar-refractivity contribution is 6.09. The van der Waals surface area contributed by atoms with Gasteiger partial charge in [0, 0.05) is 36.4 Å². The van der Waals surface area contributed by atoms with Gasteiger partial charge in [-0.15, -0.1) is 0 Å². The number of carbonyl (C=O) groups excluding carboxylic acids is 2. The number of rotatable bonds is 5. The molecular formula is C25H26N6O3. The van der Waals surface area contributed by atoms with E-state index < -0.39 is 5.91 Å². The van der Waals surface area contributed by atoms with Crippen molar-refractivity contribution < 1.29 is 14.3 Å². The Hall–Kier alpha value is -4.14. The smallest absolute Gasteiger partial charge is 0.277 e. The highest BCUT2D eigenvalue weighted by Crippen LogP contribution is 2.29. The number of nitrogens with two attached hydrogens (primary N) is 1. The molecule has 34 heavy (non-hydrogen) atoms. The molecule has 0 saturated carbocycles. The van der Waals surface area contributed by atoms with E-state index in [1.54, 1.807) is 36.3 Å². The number of nitrogens with one attached hydrogen (secondary N) is 1. The van der Waals surface area contributed by atoms with Crippen LogP contribution in [-0.4, -0.2) is 59.1 Å². The zero-order chi connectivity index (χ0) is 23.8. The van der Waals surface area contributed by atoms with Gasteiger partial charge >= 0.3 is 0 Å². The van der Waals surface area contributed by atoms with Crippen molar-refractivity contribution >= 4 is 23.3 Å². The van der Waals surface area contributed by atoms with Gasteiger partial charge in [-0.2, -0.15) is 5.10 Å². The van der Waals surface area contributed by atoms with E-state index in [1.807, 2.05) is 24.3 Å². The average molecular weight is 459 g/mol. The van der Waals surface area contributed by atoms with Gasteiger partial charge in [-0.1, -0.05) is 0 Å². The number of anilines is 1. The molecule has 0 radical (unpaired) electrons. The third kappa shape index (κ3) is 3.68. The summed E-state index contributed by atoms with van der Waals surface area (Å²) in [4.78, 5) is 29.5. The first-order valence-electron chi connectivity index (χ1n) is 11.3. The second-order valence-electron chi connectivity index (χ2n) is 8.45. The van der Waals surface area contributed by atoms with Crippen LogP contribution in [0.4, 0.5) is 5.69 Å². The quantitative estimate of drug-likeness (QED) is 0.450. The van der Waals surface area contributed by atoms with Crippen molar-refractivity contribution in [3.63, 3.8) is 0 Å². The van der Waals surface area contributed by atoms with Crippen LogP contribution in [0, 0.1) is 5.41 Å². The summed E-state index contributed by atoms with van der Waals surface area (Å²) in [6.45, 7) is 2.22. The first-order valence-corrected chi connectivity index (χ1v) is 11.3. The third-order valence-electron chi connectivity index (χ3n) is 6.44. The zero-order valence-corrected chi connectivity index (χ0v) is 19.0. The van der Waals surface area contributed by atoms with Gasteiger partial charge in [-0.25, -0.2) is 4.68 Å². The lowest BCUT2D eigenvalue weighted by Gasteiger charge is -2.28. The minimum Gasteiger partial charge on any atom is -0.497 e. The number of primary amides is 1. The van der Waals surface area contributed by atoms with Crippen molar-refractivity contribution in [2.45, 2.75) is 19.3 Å². The summed E-state index contributed by atoms with van der Waals surface area (Å²) in [6, 6.07) is 14.6. The van der Waals surface area contributed by atoms with E-state index in [2.05, 4.69) is 10.00 Å². The molecule has 2 aliphatic rings. The van der Waals surface area contributed by atoms with Crippen LogP contribution in [0.2, 0.25) is 0 Å². The van der Waals surface area contributed by atoms with Gasteiger partial charge in [0.1, 0.15) is 17.3 Å². The minimum atomic E-state index is -0.658. The van der Waals surface area contributed by atoms with Crippen LogP contribution in [0.25, 0.3) is 5.69 Å². The van der Waals surface area contributed by atoms with Crippen molar-refractivity contribution in [1.29, 1.82) is 5.41 Å². The molecule has 1 aromatic heterocycles. The van der Waals surface area contributed by atoms with Crippen molar-refractivity contribution in [3.05, 3.63) is 71.0 Å². The number of carbonyl (C=O) groups is 2. The monoisotopic (exact) mass is 458 g/mol. The highest BCUT2D eigenvalue weighted by Gasteiger charge is 2.34. The molecule has 0 unspecified atom stereocenters. The number of methoxy groups -OCH3 is 1. The molecule has 9 nitrogen and oxygen atoms in total. The maximum Gasteiger partial charge on any atom is 0.277 e. The number of amidine groups is 1. The number of amides is 2. The fraction of sp³-hybridized carbons (Fsp3) is 0.280. The number of aromatic nitrogens is 2. The Morgan fingerprint density at radius 3 is 2.26 bits per heavy atom. The number of hydrogen-bond acceptors (Lipinski definition) is 5. The minimum absolute atomic E-state index is 0.119. The summed E-state index contributed by atoms with van der Waals surface area (Å²) in [7, 11) is 1.58. The number of nitrogens with zero attached hydrogens (tertiary/aromatic N) is 4. The van der Waals surface area contributed by atoms with Gasteiger partial charge in [0.05, 0.1) is 12.8 Å². The Bertz CT molecular complexity index is 1260. The SMILES string of the molecule is COc1ccc(-n2nc(C(N)=O)c3c2C(=O)N(c2ccc(C(=N)N4CCCC4)cc2)CC3)cc1. The Kier molecular flexibility index (Phi) is 5.53. The second-order valence-corrected chi connectivity index (χ2v) is 8.45. The predicted molar refractivity (Wildman–Crippen MR) is 128 cm³/mol. The van der Waals surface area contributed by atoms with E-state index in [4.69, 9.17) is 15.9 Å². The molecule has 2 amide bonds. The molecule has 174 valence electrons. The Balaban J connectivity index is 1.48. The lowest BCUT2D eigenvalue weighted by molar-refractivity contribution is 0.0972. The summed E-state index contributed by atoms with van der Waals surface area (Å²) >= 11 is 0. The summed E-state index contributed by atoms with van der Waals surface area (Å²) < 4.78 is 6.71. The van der Waals surface area contributed by atoms with Crippen molar-refractivity contribution in [1.82, 2.24) is 14.7 Å². The molecule has 0 spiro atoms. The normalized spacial score (nSPS) is 15.4. The molecule has 0 bridgehead atoms. The maximum absolute atomic E-state index is 13.6. The molecule has 5 rings (SSSR count). The van der Waals surface area contributed by atoms with Crippen LogP contribution in [0.1, 0.15) is 44.9 Å². The van der Waals surface area contributed by atoms with Crippen molar-refractivity contribution in [2.75, 3.05) is 31.6 Å². The first kappa shape index (κ1) is 21.7. The average Bonchev–Trinajstić information content (AvgIpc) is 3.53. The molecule has 1 fully saturated rings. The number of likely N-dealkylation sites (tertiary alicyclic amines) is 1. The molecule has 3 heterocycles. The van der Waals surface area contributed by atoms with E-state index in [9.17, 15) is 9.59 Å². The molecule has 9 heteroatoms. The van der Waals surface area contributed by atoms with Gasteiger partial charge in [-0.3, -0.25) is 15.0 Å². The van der Waals surface area contributed by atoms with E-state index in [0.717, 1.165) is 37.2 Å². The molecule has 3 aromatic rings. The fourth-order valence-corrected chi connectivity index (χ4v) is 4.64. The Morgan fingerprint density at radius 2 is 1.65 bits per heavy atom. The van der Waals surface area contributed by atoms with Crippen LogP contribution in [0.15, 0.2) is 48.5 Å². The topological polar surface area (TPSA) is 118 Å². The summed E-state index contributed by atoms with van der Waals surface area (Å²) in [6.07, 6.45) is 2.68. The van der Waals surface area contributed by atoms with Crippen molar-refractivity contribution in [2.24, 2.45) is 5.73 Å². The predicted octanol–water partition coefficient (Wildman–Crippen LogP) is 2.60. The molecule has 0 aliphatic carbocycles. The first-order chi connectivity index (χ1) is 16.5. The van der Waals surface area contributed by atoms with Gasteiger partial charge in [0.2, 0.25) is 0 Å².